The third-order valence-corrected chi connectivity index (χ3v) is 6.06. The Morgan fingerprint density at radius 2 is 1.14 bits per heavy atom. The fourth-order valence-corrected chi connectivity index (χ4v) is 3.85. The number of anilines is 2. The average molecular weight is 509 g/mol. The highest BCUT2D eigenvalue weighted by Crippen LogP contribution is 2.17. The fourth-order valence-electron chi connectivity index (χ4n) is 3.34. The maximum atomic E-state index is 13.0. The third kappa shape index (κ3) is 5.09. The summed E-state index contributed by atoms with van der Waals surface area (Å²) >= 11 is 0. The second kappa shape index (κ2) is 9.98. The van der Waals surface area contributed by atoms with Crippen LogP contribution in [-0.2, 0) is 10.1 Å². The highest BCUT2D eigenvalue weighted by Gasteiger charge is 2.15. The van der Waals surface area contributed by atoms with Gasteiger partial charge in [-0.3, -0.25) is 25.0 Å². The Labute approximate surface area is 204 Å². The molecule has 0 aliphatic carbocycles. The molecule has 12 heteroatoms. The lowest BCUT2D eigenvalue weighted by Crippen LogP contribution is -2.48. The van der Waals surface area contributed by atoms with E-state index in [1.807, 2.05) is 0 Å². The SMILES string of the molecule is COc1ccc(NN=c2c(=O)c(=O)c(=NNc3ccc(OC)cc3)c3cc(S(=O)(=O)O)ccc23)cc1. The minimum absolute atomic E-state index is 0.00557. The lowest BCUT2D eigenvalue weighted by atomic mass is 10.1. The van der Waals surface area contributed by atoms with Crippen LogP contribution in [0.15, 0.2) is 91.4 Å². The largest absolute Gasteiger partial charge is 0.497 e. The van der Waals surface area contributed by atoms with Gasteiger partial charge >= 0.3 is 0 Å². The first-order valence-electron chi connectivity index (χ1n) is 10.4. The molecule has 4 rings (SSSR count). The lowest BCUT2D eigenvalue weighted by molar-refractivity contribution is 0.415. The van der Waals surface area contributed by atoms with Crippen LogP contribution < -0.4 is 41.9 Å². The summed E-state index contributed by atoms with van der Waals surface area (Å²) in [5, 5.41) is 7.75. The first-order chi connectivity index (χ1) is 17.2. The minimum Gasteiger partial charge on any atom is -0.497 e. The molecule has 3 N–H and O–H groups in total. The van der Waals surface area contributed by atoms with Crippen molar-refractivity contribution in [3.63, 3.8) is 0 Å². The van der Waals surface area contributed by atoms with Gasteiger partial charge in [0.15, 0.2) is 0 Å². The lowest BCUT2D eigenvalue weighted by Gasteiger charge is -2.05. The van der Waals surface area contributed by atoms with Crippen LogP contribution in [0.4, 0.5) is 11.4 Å². The van der Waals surface area contributed by atoms with E-state index in [1.165, 1.54) is 20.3 Å². The summed E-state index contributed by atoms with van der Waals surface area (Å²) in [5.41, 5.74) is 4.43. The molecule has 0 saturated heterocycles. The molecule has 0 heterocycles. The van der Waals surface area contributed by atoms with Crippen LogP contribution in [0.5, 0.6) is 11.5 Å². The molecular weight excluding hydrogens is 488 g/mol. The number of hydrogen-bond acceptors (Lipinski definition) is 10. The van der Waals surface area contributed by atoms with Gasteiger partial charge in [-0.2, -0.15) is 18.6 Å². The van der Waals surface area contributed by atoms with Crippen molar-refractivity contribution in [2.75, 3.05) is 25.1 Å². The number of rotatable bonds is 7. The number of fused-ring (bicyclic) bond motifs is 1. The van der Waals surface area contributed by atoms with E-state index in [1.54, 1.807) is 48.5 Å². The van der Waals surface area contributed by atoms with Crippen LogP contribution in [0.2, 0.25) is 0 Å². The van der Waals surface area contributed by atoms with Crippen molar-refractivity contribution in [1.82, 2.24) is 0 Å². The van der Waals surface area contributed by atoms with Gasteiger partial charge in [0.1, 0.15) is 22.2 Å². The maximum Gasteiger partial charge on any atom is 0.294 e. The molecular formula is C24H20N4O7S. The summed E-state index contributed by atoms with van der Waals surface area (Å²) in [5.74, 6) is 1.22. The molecule has 0 aromatic heterocycles. The van der Waals surface area contributed by atoms with E-state index in [2.05, 4.69) is 21.1 Å². The Morgan fingerprint density at radius 1 is 0.694 bits per heavy atom. The van der Waals surface area contributed by atoms with E-state index in [9.17, 15) is 22.6 Å². The number of ether oxygens (including phenoxy) is 2. The van der Waals surface area contributed by atoms with Gasteiger partial charge in [0.25, 0.3) is 21.0 Å². The van der Waals surface area contributed by atoms with E-state index >= 15 is 0 Å². The topological polar surface area (TPSA) is 156 Å². The number of nitrogens with zero attached hydrogens (tertiary/aromatic N) is 2. The van der Waals surface area contributed by atoms with Crippen LogP contribution in [-0.4, -0.2) is 27.2 Å². The zero-order valence-corrected chi connectivity index (χ0v) is 19.9. The Balaban J connectivity index is 1.91. The summed E-state index contributed by atoms with van der Waals surface area (Å²) in [6.45, 7) is 0. The fraction of sp³-hybridized carbons (Fsp3) is 0.0833. The number of benzene rings is 4. The van der Waals surface area contributed by atoms with Gasteiger partial charge in [0.05, 0.1) is 30.5 Å². The standard InChI is InChI=1S/C24H20N4O7S/c1-34-16-7-3-14(4-8-16)25-27-21-19-12-11-18(36(31,32)33)13-20(19)22(24(30)23(21)29)28-26-15-5-9-17(35-2)10-6-15/h3-13,25-26H,1-2H3,(H,31,32,33). The highest BCUT2D eigenvalue weighted by atomic mass is 32.2. The molecule has 0 bridgehead atoms. The maximum absolute atomic E-state index is 13.0. The summed E-state index contributed by atoms with van der Waals surface area (Å²) in [4.78, 5) is 25.5. The number of hydrogen-bond donors (Lipinski definition) is 3. The van der Waals surface area contributed by atoms with Crippen LogP contribution in [0, 0.1) is 0 Å². The summed E-state index contributed by atoms with van der Waals surface area (Å²) < 4.78 is 43.2. The number of methoxy groups -OCH3 is 2. The predicted octanol–water partition coefficient (Wildman–Crippen LogP) is 1.56. The molecule has 36 heavy (non-hydrogen) atoms. The van der Waals surface area contributed by atoms with Crippen molar-refractivity contribution in [1.29, 1.82) is 0 Å². The van der Waals surface area contributed by atoms with Gasteiger partial charge in [0, 0.05) is 10.8 Å². The first-order valence-corrected chi connectivity index (χ1v) is 11.8. The zero-order valence-electron chi connectivity index (χ0n) is 19.1. The Morgan fingerprint density at radius 3 is 1.56 bits per heavy atom. The van der Waals surface area contributed by atoms with Crippen molar-refractivity contribution in [2.24, 2.45) is 10.2 Å². The Kier molecular flexibility index (Phi) is 6.81. The predicted molar refractivity (Wildman–Crippen MR) is 133 cm³/mol. The van der Waals surface area contributed by atoms with Gasteiger partial charge in [-0.05, 0) is 60.7 Å². The van der Waals surface area contributed by atoms with Gasteiger partial charge in [-0.15, -0.1) is 0 Å². The molecule has 0 spiro atoms. The van der Waals surface area contributed by atoms with E-state index in [0.717, 1.165) is 12.1 Å². The van der Waals surface area contributed by atoms with Gasteiger partial charge in [0.2, 0.25) is 0 Å². The smallest absolute Gasteiger partial charge is 0.294 e. The van der Waals surface area contributed by atoms with Crippen LogP contribution in [0.3, 0.4) is 0 Å². The summed E-state index contributed by atoms with van der Waals surface area (Å²) in [7, 11) is -1.56. The molecule has 184 valence electrons. The van der Waals surface area contributed by atoms with Crippen molar-refractivity contribution < 1.29 is 22.4 Å². The molecule has 11 nitrogen and oxygen atoms in total. The second-order valence-electron chi connectivity index (χ2n) is 7.44. The van der Waals surface area contributed by atoms with Crippen LogP contribution in [0.25, 0.3) is 10.8 Å². The molecule has 0 fully saturated rings. The molecule has 4 aromatic carbocycles. The van der Waals surface area contributed by atoms with E-state index < -0.39 is 25.9 Å². The highest BCUT2D eigenvalue weighted by molar-refractivity contribution is 7.85. The van der Waals surface area contributed by atoms with Gasteiger partial charge in [-0.1, -0.05) is 6.07 Å². The molecule has 0 unspecified atom stereocenters. The zero-order chi connectivity index (χ0) is 25.9. The number of nitrogens with one attached hydrogen (secondary N) is 2. The quantitative estimate of drug-likeness (QED) is 0.191. The molecule has 0 atom stereocenters. The van der Waals surface area contributed by atoms with Crippen LogP contribution in [0.1, 0.15) is 0 Å². The Bertz CT molecular complexity index is 1760. The molecule has 0 radical (unpaired) electrons. The second-order valence-corrected chi connectivity index (χ2v) is 8.86. The van der Waals surface area contributed by atoms with E-state index in [4.69, 9.17) is 9.47 Å². The molecule has 0 aliphatic heterocycles. The van der Waals surface area contributed by atoms with E-state index in [0.29, 0.717) is 22.9 Å². The van der Waals surface area contributed by atoms with Crippen molar-refractivity contribution in [3.8, 4) is 11.5 Å². The van der Waals surface area contributed by atoms with Gasteiger partial charge < -0.3 is 9.47 Å². The van der Waals surface area contributed by atoms with Crippen LogP contribution >= 0.6 is 0 Å². The molecule has 0 aliphatic rings. The Hall–Kier alpha value is -4.55. The summed E-state index contributed by atoms with van der Waals surface area (Å²) in [6.07, 6.45) is 0. The monoisotopic (exact) mass is 508 g/mol. The third-order valence-electron chi connectivity index (χ3n) is 5.21. The van der Waals surface area contributed by atoms with Gasteiger partial charge in [-0.25, -0.2) is 0 Å². The summed E-state index contributed by atoms with van der Waals surface area (Å²) in [6, 6.07) is 16.7. The minimum atomic E-state index is -4.60. The first kappa shape index (κ1) is 24.6. The van der Waals surface area contributed by atoms with E-state index in [-0.39, 0.29) is 21.5 Å². The van der Waals surface area contributed by atoms with Crippen molar-refractivity contribution in [2.45, 2.75) is 4.90 Å². The molecule has 4 aromatic rings. The van der Waals surface area contributed by atoms with Crippen molar-refractivity contribution >= 4 is 32.3 Å². The average Bonchev–Trinajstić information content (AvgIpc) is 2.88. The molecule has 0 saturated carbocycles. The van der Waals surface area contributed by atoms with Crippen molar-refractivity contribution in [3.05, 3.63) is 97.9 Å². The normalized spacial score (nSPS) is 12.5. The molecule has 0 amide bonds.